The number of methoxy groups -OCH3 is 2. The van der Waals surface area contributed by atoms with E-state index < -0.39 is 50.8 Å². The molecule has 0 aliphatic carbocycles. The lowest BCUT2D eigenvalue weighted by Crippen LogP contribution is -2.28. The van der Waals surface area contributed by atoms with Gasteiger partial charge in [0.15, 0.2) is 35.4 Å². The maximum Gasteiger partial charge on any atom is 0.359 e. The molecule has 25 heteroatoms. The van der Waals surface area contributed by atoms with Crippen molar-refractivity contribution in [3.63, 3.8) is 0 Å². The zero-order valence-electron chi connectivity index (χ0n) is 30.2. The van der Waals surface area contributed by atoms with Crippen LogP contribution in [0.4, 0.5) is 11.9 Å². The number of aromatic nitrogens is 8. The Labute approximate surface area is 308 Å². The molecule has 2 saturated heterocycles. The summed E-state index contributed by atoms with van der Waals surface area (Å²) in [5.41, 5.74) is 12.1. The molecule has 0 radical (unpaired) electrons. The molecule has 0 spiro atoms. The summed E-state index contributed by atoms with van der Waals surface area (Å²) in [6.07, 6.45) is 0.887. The fraction of sp³-hybridized carbons (Fsp3) is 0.643. The van der Waals surface area contributed by atoms with Gasteiger partial charge in [-0.1, -0.05) is 11.6 Å². The fourth-order valence-electron chi connectivity index (χ4n) is 5.92. The van der Waals surface area contributed by atoms with Crippen LogP contribution in [0.25, 0.3) is 22.3 Å². The highest BCUT2D eigenvalue weighted by Gasteiger charge is 2.48. The summed E-state index contributed by atoms with van der Waals surface area (Å²) in [4.78, 5) is 54.8. The molecular formula is C28H46ClN11O11P2. The molecule has 4 aromatic heterocycles. The number of quaternary nitrogens is 1. The van der Waals surface area contributed by atoms with Gasteiger partial charge in [0.05, 0.1) is 50.2 Å². The van der Waals surface area contributed by atoms with Crippen molar-refractivity contribution in [3.8, 4) is 0 Å². The number of anilines is 2. The van der Waals surface area contributed by atoms with Crippen LogP contribution in [0.15, 0.2) is 17.4 Å². The van der Waals surface area contributed by atoms with Gasteiger partial charge in [-0.2, -0.15) is 15.0 Å². The van der Waals surface area contributed by atoms with Crippen molar-refractivity contribution in [3.05, 3.63) is 28.2 Å². The highest BCUT2D eigenvalue weighted by molar-refractivity contribution is 7.54. The Balaban J connectivity index is 0.000000238. The number of halogens is 1. The molecule has 2 aliphatic heterocycles. The van der Waals surface area contributed by atoms with Crippen LogP contribution < -0.4 is 28.1 Å². The van der Waals surface area contributed by atoms with Crippen molar-refractivity contribution in [1.82, 2.24) is 45.2 Å². The van der Waals surface area contributed by atoms with Crippen molar-refractivity contribution in [1.29, 1.82) is 0 Å². The van der Waals surface area contributed by atoms with Gasteiger partial charge in [-0.3, -0.25) is 14.3 Å². The zero-order valence-corrected chi connectivity index (χ0v) is 32.7. The predicted molar refractivity (Wildman–Crippen MR) is 191 cm³/mol. The number of nitrogens with two attached hydrogens (primary N) is 2. The third-order valence-corrected chi connectivity index (χ3v) is 11.9. The number of hydrogen-bond donors (Lipinski definition) is 5. The number of ether oxygens (including phenoxy) is 4. The highest BCUT2D eigenvalue weighted by atomic mass is 35.5. The number of imidazole rings is 2. The Kier molecular flexibility index (Phi) is 13.8. The van der Waals surface area contributed by atoms with Crippen molar-refractivity contribution in [2.75, 3.05) is 25.7 Å². The van der Waals surface area contributed by atoms with Gasteiger partial charge in [-0.25, -0.2) is 9.97 Å². The standard InChI is InChI=1S/C17H27ClN5O5P.C11H16N5O6P.H3N/c1-9(2)27-29(24,28-10(3)4)13-6-11(25-5)12(26-13)7-23-8-20-14-15(18)21-17(19)22-16(14)23;1-21-5-2-7(23(18,19)20)22-6(5)3-16-4-13-8-9(16)14-11(12)15-10(8)17;/h8-13H,6-7H2,1-5H3,(H2,19,21,22);4-7H,2-3H2,1H3,(H2,18,19,20)(H3,12,14,15,17);1H3/t11-,12+,13-;5-,6+,7-;/m00./s1. The molecule has 6 rings (SSSR count). The average Bonchev–Trinajstić information content (AvgIpc) is 3.83. The van der Waals surface area contributed by atoms with Gasteiger partial charge >= 0.3 is 7.60 Å². The second kappa shape index (κ2) is 17.1. The molecule has 6 heterocycles. The average molecular weight is 810 g/mol. The van der Waals surface area contributed by atoms with Gasteiger partial charge in [-0.15, -0.1) is 0 Å². The number of rotatable bonds is 12. The molecule has 2 aliphatic rings. The van der Waals surface area contributed by atoms with Crippen molar-refractivity contribution in [2.24, 2.45) is 0 Å². The summed E-state index contributed by atoms with van der Waals surface area (Å²) in [6.45, 7) is 7.72. The molecule has 296 valence electrons. The van der Waals surface area contributed by atoms with E-state index in [1.54, 1.807) is 18.0 Å². The minimum Gasteiger partial charge on any atom is -0.777 e. The topological polar surface area (TPSA) is 329 Å². The molecule has 7 atom stereocenters. The minimum absolute atomic E-state index is 0. The summed E-state index contributed by atoms with van der Waals surface area (Å²) in [5.74, 6) is -2.07. The summed E-state index contributed by atoms with van der Waals surface area (Å²) in [7, 11) is -5.13. The van der Waals surface area contributed by atoms with E-state index in [1.807, 2.05) is 27.7 Å². The van der Waals surface area contributed by atoms with E-state index in [2.05, 4.69) is 29.9 Å². The van der Waals surface area contributed by atoms with Crippen LogP contribution in [0.3, 0.4) is 0 Å². The summed E-state index contributed by atoms with van der Waals surface area (Å²) >= 11 is 6.10. The number of nitrogens with one attached hydrogen (secondary N) is 1. The second-order valence-corrected chi connectivity index (χ2v) is 16.8. The number of hydrogen-bond acceptors (Lipinski definition) is 17. The maximum absolute atomic E-state index is 13.4. The Morgan fingerprint density at radius 2 is 1.42 bits per heavy atom. The third kappa shape index (κ3) is 9.77. The molecule has 22 nitrogen and oxygen atoms in total. The monoisotopic (exact) mass is 809 g/mol. The predicted octanol–water partition coefficient (Wildman–Crippen LogP) is 1.99. The smallest absolute Gasteiger partial charge is 0.359 e. The van der Waals surface area contributed by atoms with Crippen LogP contribution >= 0.6 is 26.8 Å². The Bertz CT molecular complexity index is 2010. The number of fused-ring (bicyclic) bond motifs is 2. The SMILES string of the molecule is CO[C@H]1C[C@H](P(=O)(OC(C)C)OC(C)C)O[C@@H]1Cn1cnc2c(Cl)nc(N)nc21.CO[C@H]1C[C@H](P(=O)([O-])O)O[C@@H]1Cn1cnc2c(=O)[nH]c(N)nc21.[NH4+]. The van der Waals surface area contributed by atoms with E-state index in [-0.39, 0.29) is 65.6 Å². The molecule has 0 saturated carbocycles. The van der Waals surface area contributed by atoms with E-state index >= 15 is 0 Å². The van der Waals surface area contributed by atoms with Crippen LogP contribution in [0.1, 0.15) is 40.5 Å². The zero-order chi connectivity index (χ0) is 38.1. The first-order valence-corrected chi connectivity index (χ1v) is 19.8. The van der Waals surface area contributed by atoms with Crippen molar-refractivity contribution >= 4 is 61.0 Å². The van der Waals surface area contributed by atoms with E-state index in [0.29, 0.717) is 24.1 Å². The van der Waals surface area contributed by atoms with Crippen LogP contribution in [0.5, 0.6) is 0 Å². The maximum atomic E-state index is 13.4. The molecule has 1 unspecified atom stereocenters. The van der Waals surface area contributed by atoms with Gasteiger partial charge in [0.25, 0.3) is 5.56 Å². The van der Waals surface area contributed by atoms with Crippen molar-refractivity contribution < 1.29 is 46.9 Å². The summed E-state index contributed by atoms with van der Waals surface area (Å²) in [5, 5.41) is 0.180. The van der Waals surface area contributed by atoms with Gasteiger partial charge in [0, 0.05) is 27.1 Å². The largest absolute Gasteiger partial charge is 0.777 e. The lowest BCUT2D eigenvalue weighted by atomic mass is 10.2. The summed E-state index contributed by atoms with van der Waals surface area (Å²) < 4.78 is 61.7. The number of nitrogen functional groups attached to an aromatic ring is 2. The number of aromatic amines is 1. The number of nitrogens with zero attached hydrogens (tertiary/aromatic N) is 7. The van der Waals surface area contributed by atoms with Gasteiger partial charge < -0.3 is 69.1 Å². The third-order valence-electron chi connectivity index (χ3n) is 8.08. The minimum atomic E-state index is -4.62. The second-order valence-electron chi connectivity index (χ2n) is 12.7. The van der Waals surface area contributed by atoms with E-state index in [9.17, 15) is 18.8 Å². The fourth-order valence-corrected chi connectivity index (χ4v) is 9.19. The van der Waals surface area contributed by atoms with Crippen LogP contribution in [-0.4, -0.2) is 106 Å². The van der Waals surface area contributed by atoms with E-state index in [4.69, 9.17) is 56.0 Å². The van der Waals surface area contributed by atoms with Crippen LogP contribution in [0, 0.1) is 0 Å². The van der Waals surface area contributed by atoms with Crippen LogP contribution in [0.2, 0.25) is 5.15 Å². The normalized spacial score (nSPS) is 24.4. The quantitative estimate of drug-likeness (QED) is 0.101. The van der Waals surface area contributed by atoms with Gasteiger partial charge in [0.2, 0.25) is 11.9 Å². The molecule has 0 bridgehead atoms. The van der Waals surface area contributed by atoms with E-state index in [0.717, 1.165) is 0 Å². The van der Waals surface area contributed by atoms with E-state index in [1.165, 1.54) is 18.0 Å². The molecule has 53 heavy (non-hydrogen) atoms. The van der Waals surface area contributed by atoms with Gasteiger partial charge in [0.1, 0.15) is 23.6 Å². The molecular weight excluding hydrogens is 764 g/mol. The molecule has 2 fully saturated rings. The summed E-state index contributed by atoms with van der Waals surface area (Å²) in [6, 6.07) is 0. The molecule has 10 N–H and O–H groups in total. The van der Waals surface area contributed by atoms with Crippen LogP contribution in [-0.2, 0) is 50.2 Å². The highest BCUT2D eigenvalue weighted by Crippen LogP contribution is 2.59. The first kappa shape index (κ1) is 42.6. The molecule has 0 amide bonds. The Morgan fingerprint density at radius 3 is 1.92 bits per heavy atom. The Morgan fingerprint density at radius 1 is 0.925 bits per heavy atom. The van der Waals surface area contributed by atoms with Gasteiger partial charge in [-0.05, 0) is 27.7 Å². The lowest BCUT2D eigenvalue weighted by molar-refractivity contribution is -0.204. The first-order valence-electron chi connectivity index (χ1n) is 16.1. The lowest BCUT2D eigenvalue weighted by Gasteiger charge is -2.27. The molecule has 0 aromatic carbocycles. The first-order chi connectivity index (χ1) is 24.4. The molecule has 4 aromatic rings. The number of H-pyrrole nitrogens is 1. The Hall–Kier alpha value is -3.11. The van der Waals surface area contributed by atoms with Crippen molar-refractivity contribution in [2.45, 2.75) is 102 Å².